The van der Waals surface area contributed by atoms with Gasteiger partial charge in [0.1, 0.15) is 5.76 Å². The van der Waals surface area contributed by atoms with E-state index < -0.39 is 0 Å². The molecule has 27 heavy (non-hydrogen) atoms. The molecule has 0 saturated heterocycles. The molecule has 2 amide bonds. The van der Waals surface area contributed by atoms with E-state index >= 15 is 0 Å². The van der Waals surface area contributed by atoms with Crippen LogP contribution < -0.4 is 16.2 Å². The molecule has 0 atom stereocenters. The van der Waals surface area contributed by atoms with Crippen LogP contribution in [0, 0.1) is 6.92 Å². The van der Waals surface area contributed by atoms with Gasteiger partial charge in [-0.15, -0.1) is 0 Å². The van der Waals surface area contributed by atoms with E-state index in [1.807, 2.05) is 13.0 Å². The largest absolute Gasteiger partial charge is 0.467 e. The maximum atomic E-state index is 12.5. The summed E-state index contributed by atoms with van der Waals surface area (Å²) in [6.45, 7) is 2.21. The first-order chi connectivity index (χ1) is 13.0. The molecule has 140 valence electrons. The Morgan fingerprint density at radius 3 is 2.78 bits per heavy atom. The average molecular weight is 368 g/mol. The molecule has 1 aromatic carbocycles. The molecule has 2 aromatic heterocycles. The first kappa shape index (κ1) is 18.4. The number of furan rings is 1. The zero-order chi connectivity index (χ0) is 19.2. The Hall–Kier alpha value is -3.42. The number of carbonyl (C=O) groups excluding carboxylic acids is 2. The van der Waals surface area contributed by atoms with Gasteiger partial charge in [-0.1, -0.05) is 12.1 Å². The second-order valence-corrected chi connectivity index (χ2v) is 6.10. The SMILES string of the molecule is Cc1cccc2c(=O)n(CCC(=O)NCC(=O)NCc3ccco3)cnc12. The third-order valence-corrected chi connectivity index (χ3v) is 4.12. The molecular formula is C19H20N4O4. The number of benzene rings is 1. The Labute approximate surface area is 155 Å². The van der Waals surface area contributed by atoms with Crippen LogP contribution in [0.5, 0.6) is 0 Å². The quantitative estimate of drug-likeness (QED) is 0.650. The summed E-state index contributed by atoms with van der Waals surface area (Å²) in [4.78, 5) is 40.4. The van der Waals surface area contributed by atoms with Gasteiger partial charge in [0.25, 0.3) is 5.56 Å². The van der Waals surface area contributed by atoms with Crippen molar-refractivity contribution in [3.63, 3.8) is 0 Å². The van der Waals surface area contributed by atoms with Gasteiger partial charge in [-0.05, 0) is 30.7 Å². The van der Waals surface area contributed by atoms with E-state index in [1.54, 1.807) is 24.3 Å². The third kappa shape index (κ3) is 4.60. The van der Waals surface area contributed by atoms with Gasteiger partial charge >= 0.3 is 0 Å². The molecule has 0 fully saturated rings. The molecule has 0 aliphatic rings. The van der Waals surface area contributed by atoms with Crippen LogP contribution in [-0.2, 0) is 22.7 Å². The first-order valence-electron chi connectivity index (χ1n) is 8.55. The fraction of sp³-hybridized carbons (Fsp3) is 0.263. The minimum absolute atomic E-state index is 0.0738. The minimum Gasteiger partial charge on any atom is -0.467 e. The van der Waals surface area contributed by atoms with Crippen LogP contribution in [0.15, 0.2) is 52.1 Å². The first-order valence-corrected chi connectivity index (χ1v) is 8.55. The molecule has 0 saturated carbocycles. The number of nitrogens with one attached hydrogen (secondary N) is 2. The summed E-state index contributed by atoms with van der Waals surface area (Å²) in [6, 6.07) is 8.89. The standard InChI is InChI=1S/C19H20N4O4/c1-13-4-2-6-15-18(13)22-12-23(19(15)26)8-7-16(24)21-11-17(25)20-10-14-5-3-9-27-14/h2-6,9,12H,7-8,10-11H2,1H3,(H,20,25)(H,21,24). The Bertz CT molecular complexity index is 1010. The van der Waals surface area contributed by atoms with Crippen molar-refractivity contribution in [1.82, 2.24) is 20.2 Å². The molecule has 0 aliphatic heterocycles. The molecular weight excluding hydrogens is 348 g/mol. The summed E-state index contributed by atoms with van der Waals surface area (Å²) in [6.07, 6.45) is 3.04. The van der Waals surface area contributed by atoms with Crippen molar-refractivity contribution in [1.29, 1.82) is 0 Å². The molecule has 0 radical (unpaired) electrons. The summed E-state index contributed by atoms with van der Waals surface area (Å²) in [5.74, 6) is -0.00718. The number of hydrogen-bond acceptors (Lipinski definition) is 5. The molecule has 0 bridgehead atoms. The maximum absolute atomic E-state index is 12.5. The van der Waals surface area contributed by atoms with Gasteiger partial charge in [-0.2, -0.15) is 0 Å². The summed E-state index contributed by atoms with van der Waals surface area (Å²) in [5, 5.41) is 5.69. The van der Waals surface area contributed by atoms with Gasteiger partial charge in [-0.25, -0.2) is 4.98 Å². The zero-order valence-electron chi connectivity index (χ0n) is 14.9. The van der Waals surface area contributed by atoms with E-state index in [0.29, 0.717) is 16.7 Å². The van der Waals surface area contributed by atoms with Gasteiger partial charge in [-0.3, -0.25) is 19.0 Å². The molecule has 3 aromatic rings. The van der Waals surface area contributed by atoms with Gasteiger partial charge < -0.3 is 15.1 Å². The lowest BCUT2D eigenvalue weighted by atomic mass is 10.1. The molecule has 8 nitrogen and oxygen atoms in total. The topological polar surface area (TPSA) is 106 Å². The van der Waals surface area contributed by atoms with E-state index in [-0.39, 0.29) is 43.4 Å². The van der Waals surface area contributed by atoms with Crippen molar-refractivity contribution >= 4 is 22.7 Å². The van der Waals surface area contributed by atoms with Gasteiger partial charge in [0.05, 0.1) is 36.6 Å². The number of nitrogens with zero attached hydrogens (tertiary/aromatic N) is 2. The highest BCUT2D eigenvalue weighted by atomic mass is 16.3. The monoisotopic (exact) mass is 368 g/mol. The Kier molecular flexibility index (Phi) is 5.65. The number of aryl methyl sites for hydroxylation is 2. The van der Waals surface area contributed by atoms with E-state index in [9.17, 15) is 14.4 Å². The molecule has 0 unspecified atom stereocenters. The van der Waals surface area contributed by atoms with Crippen LogP contribution in [0.3, 0.4) is 0 Å². The summed E-state index contributed by atoms with van der Waals surface area (Å²) < 4.78 is 6.51. The van der Waals surface area contributed by atoms with E-state index in [0.717, 1.165) is 5.56 Å². The Morgan fingerprint density at radius 2 is 2.00 bits per heavy atom. The second-order valence-electron chi connectivity index (χ2n) is 6.10. The van der Waals surface area contributed by atoms with Gasteiger partial charge in [0.2, 0.25) is 11.8 Å². The van der Waals surface area contributed by atoms with Crippen molar-refractivity contribution < 1.29 is 14.0 Å². The van der Waals surface area contributed by atoms with Crippen molar-refractivity contribution in [2.45, 2.75) is 26.4 Å². The van der Waals surface area contributed by atoms with Crippen molar-refractivity contribution in [3.05, 3.63) is 64.6 Å². The van der Waals surface area contributed by atoms with Crippen molar-refractivity contribution in [2.75, 3.05) is 6.54 Å². The smallest absolute Gasteiger partial charge is 0.261 e. The summed E-state index contributed by atoms with van der Waals surface area (Å²) in [5.41, 5.74) is 1.40. The van der Waals surface area contributed by atoms with E-state index in [2.05, 4.69) is 15.6 Å². The van der Waals surface area contributed by atoms with Crippen LogP contribution in [0.2, 0.25) is 0 Å². The molecule has 3 rings (SSSR count). The number of aromatic nitrogens is 2. The highest BCUT2D eigenvalue weighted by molar-refractivity contribution is 5.84. The molecule has 8 heteroatoms. The van der Waals surface area contributed by atoms with Crippen LogP contribution >= 0.6 is 0 Å². The fourth-order valence-electron chi connectivity index (χ4n) is 2.65. The zero-order valence-corrected chi connectivity index (χ0v) is 14.9. The van der Waals surface area contributed by atoms with Crippen LogP contribution in [-0.4, -0.2) is 27.9 Å². The third-order valence-electron chi connectivity index (χ3n) is 4.12. The fourth-order valence-corrected chi connectivity index (χ4v) is 2.65. The van der Waals surface area contributed by atoms with Gasteiger partial charge in [0.15, 0.2) is 0 Å². The predicted molar refractivity (Wildman–Crippen MR) is 98.9 cm³/mol. The second kappa shape index (κ2) is 8.31. The highest BCUT2D eigenvalue weighted by Gasteiger charge is 2.09. The Balaban J connectivity index is 1.49. The lowest BCUT2D eigenvalue weighted by Crippen LogP contribution is -2.37. The lowest BCUT2D eigenvalue weighted by Gasteiger charge is -2.08. The maximum Gasteiger partial charge on any atom is 0.261 e. The van der Waals surface area contributed by atoms with Crippen molar-refractivity contribution in [2.24, 2.45) is 0 Å². The number of hydrogen-bond donors (Lipinski definition) is 2. The highest BCUT2D eigenvalue weighted by Crippen LogP contribution is 2.11. The predicted octanol–water partition coefficient (Wildman–Crippen LogP) is 1.12. The van der Waals surface area contributed by atoms with E-state index in [1.165, 1.54) is 17.2 Å². The molecule has 0 spiro atoms. The summed E-state index contributed by atoms with van der Waals surface area (Å²) >= 11 is 0. The molecule has 2 N–H and O–H groups in total. The normalized spacial score (nSPS) is 10.7. The van der Waals surface area contributed by atoms with Crippen LogP contribution in [0.4, 0.5) is 0 Å². The number of rotatable bonds is 7. The van der Waals surface area contributed by atoms with Gasteiger partial charge in [0, 0.05) is 13.0 Å². The van der Waals surface area contributed by atoms with Crippen LogP contribution in [0.25, 0.3) is 10.9 Å². The Morgan fingerprint density at radius 1 is 1.15 bits per heavy atom. The van der Waals surface area contributed by atoms with Crippen molar-refractivity contribution in [3.8, 4) is 0 Å². The number of fused-ring (bicyclic) bond motifs is 1. The van der Waals surface area contributed by atoms with Crippen LogP contribution in [0.1, 0.15) is 17.7 Å². The summed E-state index contributed by atoms with van der Waals surface area (Å²) in [7, 11) is 0. The number of amides is 2. The van der Waals surface area contributed by atoms with E-state index in [4.69, 9.17) is 4.42 Å². The lowest BCUT2D eigenvalue weighted by molar-refractivity contribution is -0.126. The number of para-hydroxylation sites is 1. The average Bonchev–Trinajstić information content (AvgIpc) is 3.18. The molecule has 0 aliphatic carbocycles. The molecule has 2 heterocycles. The number of carbonyl (C=O) groups is 2. The minimum atomic E-state index is -0.320.